The number of fused-ring (bicyclic) bond motifs is 3. The lowest BCUT2D eigenvalue weighted by Crippen LogP contribution is -2.37. The highest BCUT2D eigenvalue weighted by Crippen LogP contribution is 2.30. The normalized spacial score (nSPS) is 17.9. The number of allylic oxidation sites excluding steroid dienone is 1. The van der Waals surface area contributed by atoms with Crippen LogP contribution in [0.25, 0.3) is 16.5 Å². The largest absolute Gasteiger partial charge is 0.444 e. The van der Waals surface area contributed by atoms with Crippen LogP contribution in [-0.4, -0.2) is 28.1 Å². The molecule has 1 amide bonds. The molecule has 0 aliphatic carbocycles. The van der Waals surface area contributed by atoms with Crippen LogP contribution in [-0.2, 0) is 11.3 Å². The Kier molecular flexibility index (Phi) is 3.92. The van der Waals surface area contributed by atoms with Gasteiger partial charge >= 0.3 is 6.09 Å². The predicted molar refractivity (Wildman–Crippen MR) is 93.2 cm³/mol. The van der Waals surface area contributed by atoms with E-state index in [1.54, 1.807) is 4.90 Å². The Morgan fingerprint density at radius 3 is 2.74 bits per heavy atom. The fourth-order valence-electron chi connectivity index (χ4n) is 2.99. The zero-order chi connectivity index (χ0) is 16.6. The number of aromatic amines is 1. The topological polar surface area (TPSA) is 45.3 Å². The van der Waals surface area contributed by atoms with Crippen molar-refractivity contribution in [1.29, 1.82) is 0 Å². The first kappa shape index (κ1) is 15.7. The Morgan fingerprint density at radius 2 is 2.00 bits per heavy atom. The molecule has 1 aliphatic heterocycles. The molecular weight excluding hydrogens is 288 g/mol. The van der Waals surface area contributed by atoms with Crippen LogP contribution in [0.5, 0.6) is 0 Å². The van der Waals surface area contributed by atoms with Crippen molar-refractivity contribution >= 4 is 22.6 Å². The number of hydrogen-bond acceptors (Lipinski definition) is 2. The number of ether oxygens (including phenoxy) is 1. The smallest absolute Gasteiger partial charge is 0.410 e. The minimum absolute atomic E-state index is 0.248. The highest BCUT2D eigenvalue weighted by atomic mass is 16.6. The Hall–Kier alpha value is -2.23. The van der Waals surface area contributed by atoms with Gasteiger partial charge in [0.05, 0.1) is 6.54 Å². The molecule has 0 spiro atoms. The molecule has 3 rings (SSSR count). The monoisotopic (exact) mass is 312 g/mol. The number of amides is 1. The maximum absolute atomic E-state index is 12.5. The number of nitrogens with zero attached hydrogens (tertiary/aromatic N) is 1. The maximum Gasteiger partial charge on any atom is 0.410 e. The molecule has 4 heteroatoms. The standard InChI is InChI=1S/C19H24N2O2/c1-13-8-7-11-21(18(22)23-19(2,3)4)12-15-14-9-5-6-10-16(14)20-17(13)15/h5-6,8-10,20H,7,11-12H2,1-4H3/b13-8-. The van der Waals surface area contributed by atoms with Gasteiger partial charge in [-0.05, 0) is 45.8 Å². The highest BCUT2D eigenvalue weighted by Gasteiger charge is 2.25. The molecule has 23 heavy (non-hydrogen) atoms. The van der Waals surface area contributed by atoms with Gasteiger partial charge in [-0.1, -0.05) is 24.3 Å². The van der Waals surface area contributed by atoms with Crippen molar-refractivity contribution in [3.05, 3.63) is 41.6 Å². The van der Waals surface area contributed by atoms with Gasteiger partial charge in [0.1, 0.15) is 5.60 Å². The van der Waals surface area contributed by atoms with E-state index in [0.717, 1.165) is 17.6 Å². The Labute approximate surface area is 137 Å². The van der Waals surface area contributed by atoms with Crippen LogP contribution in [0.1, 0.15) is 45.4 Å². The van der Waals surface area contributed by atoms with Crippen molar-refractivity contribution in [3.8, 4) is 0 Å². The van der Waals surface area contributed by atoms with E-state index in [-0.39, 0.29) is 6.09 Å². The fraction of sp³-hybridized carbons (Fsp3) is 0.421. The second-order valence-electron chi connectivity index (χ2n) is 7.10. The lowest BCUT2D eigenvalue weighted by Gasteiger charge is -2.28. The second-order valence-corrected chi connectivity index (χ2v) is 7.10. The van der Waals surface area contributed by atoms with Crippen molar-refractivity contribution in [2.24, 2.45) is 0 Å². The summed E-state index contributed by atoms with van der Waals surface area (Å²) in [4.78, 5) is 17.8. The molecule has 0 fully saturated rings. The summed E-state index contributed by atoms with van der Waals surface area (Å²) >= 11 is 0. The number of rotatable bonds is 0. The van der Waals surface area contributed by atoms with E-state index in [1.165, 1.54) is 16.5 Å². The lowest BCUT2D eigenvalue weighted by atomic mass is 10.0. The number of hydrogen-bond donors (Lipinski definition) is 1. The summed E-state index contributed by atoms with van der Waals surface area (Å²) in [7, 11) is 0. The Balaban J connectivity index is 2.00. The van der Waals surface area contributed by atoms with Gasteiger partial charge in [-0.25, -0.2) is 4.79 Å². The van der Waals surface area contributed by atoms with Crippen molar-refractivity contribution in [2.45, 2.75) is 46.3 Å². The summed E-state index contributed by atoms with van der Waals surface area (Å²) in [6.07, 6.45) is 2.77. The average Bonchev–Trinajstić information content (AvgIpc) is 2.80. The van der Waals surface area contributed by atoms with E-state index in [9.17, 15) is 4.79 Å². The molecular formula is C19H24N2O2. The SMILES string of the molecule is C/C1=C/CCN(C(=O)OC(C)(C)C)Cc2c1[nH]c1ccccc21. The van der Waals surface area contributed by atoms with Crippen LogP contribution < -0.4 is 0 Å². The van der Waals surface area contributed by atoms with Crippen LogP contribution in [0.4, 0.5) is 4.79 Å². The molecule has 0 unspecified atom stereocenters. The van der Waals surface area contributed by atoms with Gasteiger partial charge in [0.15, 0.2) is 0 Å². The quantitative estimate of drug-likeness (QED) is 0.765. The van der Waals surface area contributed by atoms with E-state index in [0.29, 0.717) is 13.1 Å². The van der Waals surface area contributed by atoms with Gasteiger partial charge in [-0.2, -0.15) is 0 Å². The zero-order valence-corrected chi connectivity index (χ0v) is 14.3. The average molecular weight is 312 g/mol. The third-order valence-electron chi connectivity index (χ3n) is 4.06. The molecule has 2 heterocycles. The summed E-state index contributed by atoms with van der Waals surface area (Å²) in [5, 5.41) is 1.17. The summed E-state index contributed by atoms with van der Waals surface area (Å²) < 4.78 is 5.56. The van der Waals surface area contributed by atoms with Crippen LogP contribution in [0.3, 0.4) is 0 Å². The molecule has 0 atom stereocenters. The first-order valence-electron chi connectivity index (χ1n) is 8.10. The maximum atomic E-state index is 12.5. The van der Waals surface area contributed by atoms with E-state index >= 15 is 0 Å². The van der Waals surface area contributed by atoms with Crippen LogP contribution >= 0.6 is 0 Å². The molecule has 4 nitrogen and oxygen atoms in total. The number of nitrogens with one attached hydrogen (secondary N) is 1. The van der Waals surface area contributed by atoms with E-state index < -0.39 is 5.60 Å². The molecule has 0 saturated heterocycles. The van der Waals surface area contributed by atoms with Gasteiger partial charge in [0.25, 0.3) is 0 Å². The van der Waals surface area contributed by atoms with E-state index in [1.807, 2.05) is 32.9 Å². The fourth-order valence-corrected chi connectivity index (χ4v) is 2.99. The van der Waals surface area contributed by atoms with Crippen LogP contribution in [0.15, 0.2) is 30.3 Å². The molecule has 0 bridgehead atoms. The predicted octanol–water partition coefficient (Wildman–Crippen LogP) is 4.71. The van der Waals surface area contributed by atoms with Crippen molar-refractivity contribution in [2.75, 3.05) is 6.54 Å². The third kappa shape index (κ3) is 3.26. The number of H-pyrrole nitrogens is 1. The van der Waals surface area contributed by atoms with Crippen molar-refractivity contribution in [3.63, 3.8) is 0 Å². The van der Waals surface area contributed by atoms with Gasteiger partial charge < -0.3 is 14.6 Å². The highest BCUT2D eigenvalue weighted by molar-refractivity contribution is 5.89. The Bertz CT molecular complexity index is 765. The van der Waals surface area contributed by atoms with Crippen molar-refractivity contribution < 1.29 is 9.53 Å². The third-order valence-corrected chi connectivity index (χ3v) is 4.06. The molecule has 1 aromatic carbocycles. The summed E-state index contributed by atoms with van der Waals surface area (Å²) in [6, 6.07) is 8.24. The molecule has 1 aromatic heterocycles. The molecule has 0 saturated carbocycles. The molecule has 1 N–H and O–H groups in total. The summed E-state index contributed by atoms with van der Waals surface area (Å²) in [5.74, 6) is 0. The molecule has 1 aliphatic rings. The van der Waals surface area contributed by atoms with Crippen LogP contribution in [0, 0.1) is 0 Å². The minimum Gasteiger partial charge on any atom is -0.444 e. The number of benzene rings is 1. The first-order valence-corrected chi connectivity index (χ1v) is 8.10. The molecule has 0 radical (unpaired) electrons. The number of para-hydroxylation sites is 1. The number of carbonyl (C=O) groups excluding carboxylic acids is 1. The van der Waals surface area contributed by atoms with Gasteiger partial charge in [0.2, 0.25) is 0 Å². The minimum atomic E-state index is -0.478. The van der Waals surface area contributed by atoms with Gasteiger partial charge in [0, 0.05) is 28.7 Å². The number of carbonyl (C=O) groups is 1. The van der Waals surface area contributed by atoms with E-state index in [2.05, 4.69) is 30.1 Å². The second kappa shape index (κ2) is 5.76. The van der Waals surface area contributed by atoms with Crippen LogP contribution in [0.2, 0.25) is 0 Å². The number of aromatic nitrogens is 1. The zero-order valence-electron chi connectivity index (χ0n) is 14.3. The van der Waals surface area contributed by atoms with Gasteiger partial charge in [-0.3, -0.25) is 0 Å². The Morgan fingerprint density at radius 1 is 1.26 bits per heavy atom. The lowest BCUT2D eigenvalue weighted by molar-refractivity contribution is 0.0237. The van der Waals surface area contributed by atoms with E-state index in [4.69, 9.17) is 4.74 Å². The van der Waals surface area contributed by atoms with Crippen molar-refractivity contribution in [1.82, 2.24) is 9.88 Å². The summed E-state index contributed by atoms with van der Waals surface area (Å²) in [6.45, 7) is 9.06. The van der Waals surface area contributed by atoms with Gasteiger partial charge in [-0.15, -0.1) is 0 Å². The summed E-state index contributed by atoms with van der Waals surface area (Å²) in [5.41, 5.74) is 4.16. The molecule has 2 aromatic rings. The molecule has 122 valence electrons. The first-order chi connectivity index (χ1) is 10.8.